The zero-order valence-electron chi connectivity index (χ0n) is 14.9. The van der Waals surface area contributed by atoms with Crippen LogP contribution in [-0.2, 0) is 21.4 Å². The number of aromatic nitrogens is 1. The van der Waals surface area contributed by atoms with Crippen molar-refractivity contribution in [2.45, 2.75) is 17.5 Å². The lowest BCUT2D eigenvalue weighted by Crippen LogP contribution is -2.46. The minimum atomic E-state index is -3.78. The first-order valence-corrected chi connectivity index (χ1v) is 13.3. The van der Waals surface area contributed by atoms with Crippen LogP contribution in [0.25, 0.3) is 9.88 Å². The number of carbonyl (C=O) groups excluding carboxylic acids is 1. The number of thiazole rings is 1. The molecule has 2 aromatic heterocycles. The Kier molecular flexibility index (Phi) is 6.28. The maximum absolute atomic E-state index is 12.9. The maximum Gasteiger partial charge on any atom is 0.244 e. The number of benzene rings is 1. The molecule has 3 aromatic rings. The summed E-state index contributed by atoms with van der Waals surface area (Å²) in [5, 5.41) is 8.09. The predicted molar refractivity (Wildman–Crippen MR) is 119 cm³/mol. The third kappa shape index (κ3) is 4.52. The number of nitrogens with zero attached hydrogens (tertiary/aromatic N) is 2. The normalized spacial score (nSPS) is 17.5. The number of hydrogen-bond donors (Lipinski definition) is 1. The molecule has 6 nitrogen and oxygen atoms in total. The SMILES string of the molecule is O=C(NCc1csc(-c2cccs2)n1)[C@H]1CSCN1S(=O)(=O)c1ccc(Cl)cc1. The Balaban J connectivity index is 1.43. The van der Waals surface area contributed by atoms with Gasteiger partial charge in [0.25, 0.3) is 0 Å². The number of thioether (sulfide) groups is 1. The number of halogens is 1. The van der Waals surface area contributed by atoms with Crippen LogP contribution in [0.1, 0.15) is 5.69 Å². The molecule has 1 fully saturated rings. The molecule has 1 aromatic carbocycles. The lowest BCUT2D eigenvalue weighted by atomic mass is 10.3. The molecule has 4 rings (SSSR count). The van der Waals surface area contributed by atoms with Gasteiger partial charge in [0.1, 0.15) is 11.0 Å². The molecule has 1 aliphatic heterocycles. The Morgan fingerprint density at radius 2 is 2.03 bits per heavy atom. The Morgan fingerprint density at radius 1 is 1.24 bits per heavy atom. The Bertz CT molecular complexity index is 1100. The molecule has 152 valence electrons. The number of nitrogens with one attached hydrogen (secondary N) is 1. The van der Waals surface area contributed by atoms with Gasteiger partial charge < -0.3 is 5.32 Å². The summed E-state index contributed by atoms with van der Waals surface area (Å²) in [4.78, 5) is 18.5. The first kappa shape index (κ1) is 20.8. The molecule has 0 spiro atoms. The number of rotatable bonds is 6. The highest BCUT2D eigenvalue weighted by molar-refractivity contribution is 8.00. The van der Waals surface area contributed by atoms with Gasteiger partial charge in [-0.1, -0.05) is 17.7 Å². The average Bonchev–Trinajstić information content (AvgIpc) is 3.47. The third-order valence-corrected chi connectivity index (χ3v) is 9.52. The molecule has 3 heterocycles. The van der Waals surface area contributed by atoms with E-state index in [4.69, 9.17) is 11.6 Å². The van der Waals surface area contributed by atoms with Crippen molar-refractivity contribution in [1.82, 2.24) is 14.6 Å². The smallest absolute Gasteiger partial charge is 0.244 e. The van der Waals surface area contributed by atoms with Gasteiger partial charge in [0.15, 0.2) is 0 Å². The van der Waals surface area contributed by atoms with E-state index in [-0.39, 0.29) is 23.2 Å². The van der Waals surface area contributed by atoms with Gasteiger partial charge in [-0.05, 0) is 35.7 Å². The lowest BCUT2D eigenvalue weighted by Gasteiger charge is -2.22. The molecule has 11 heteroatoms. The van der Waals surface area contributed by atoms with Crippen LogP contribution >= 0.6 is 46.0 Å². The van der Waals surface area contributed by atoms with Crippen molar-refractivity contribution in [3.63, 3.8) is 0 Å². The first-order chi connectivity index (χ1) is 13.9. The van der Waals surface area contributed by atoms with Crippen molar-refractivity contribution in [2.24, 2.45) is 0 Å². The van der Waals surface area contributed by atoms with Crippen LogP contribution in [-0.4, -0.2) is 41.3 Å². The van der Waals surface area contributed by atoms with Crippen molar-refractivity contribution in [2.75, 3.05) is 11.6 Å². The first-order valence-electron chi connectivity index (χ1n) is 8.56. The fraction of sp³-hybridized carbons (Fsp3) is 0.222. The molecule has 0 aliphatic carbocycles. The van der Waals surface area contributed by atoms with Crippen LogP contribution in [0.15, 0.2) is 52.1 Å². The van der Waals surface area contributed by atoms with E-state index in [0.29, 0.717) is 10.8 Å². The number of hydrogen-bond acceptors (Lipinski definition) is 7. The summed E-state index contributed by atoms with van der Waals surface area (Å²) < 4.78 is 27.1. The molecule has 0 saturated carbocycles. The van der Waals surface area contributed by atoms with E-state index in [1.807, 2.05) is 22.9 Å². The minimum absolute atomic E-state index is 0.127. The second-order valence-corrected chi connectivity index (χ2v) is 11.3. The third-order valence-electron chi connectivity index (χ3n) is 4.29. The van der Waals surface area contributed by atoms with Crippen molar-refractivity contribution in [3.8, 4) is 9.88 Å². The fourth-order valence-corrected chi connectivity index (χ4v) is 7.72. The van der Waals surface area contributed by atoms with E-state index < -0.39 is 16.1 Å². The Labute approximate surface area is 186 Å². The number of carbonyl (C=O) groups is 1. The van der Waals surface area contributed by atoms with Crippen LogP contribution in [0.3, 0.4) is 0 Å². The minimum Gasteiger partial charge on any atom is -0.349 e. The van der Waals surface area contributed by atoms with E-state index in [2.05, 4.69) is 10.3 Å². The quantitative estimate of drug-likeness (QED) is 0.572. The van der Waals surface area contributed by atoms with Gasteiger partial charge in [0.2, 0.25) is 15.9 Å². The van der Waals surface area contributed by atoms with E-state index in [0.717, 1.165) is 15.6 Å². The summed E-state index contributed by atoms with van der Waals surface area (Å²) in [5.74, 6) is 0.330. The number of thiophene rings is 1. The zero-order chi connectivity index (χ0) is 20.4. The molecule has 1 amide bonds. The summed E-state index contributed by atoms with van der Waals surface area (Å²) in [7, 11) is -3.78. The van der Waals surface area contributed by atoms with Gasteiger partial charge in [-0.15, -0.1) is 34.4 Å². The van der Waals surface area contributed by atoms with Crippen LogP contribution in [0, 0.1) is 0 Å². The van der Waals surface area contributed by atoms with Gasteiger partial charge in [0, 0.05) is 16.2 Å². The molecule has 29 heavy (non-hydrogen) atoms. The largest absolute Gasteiger partial charge is 0.349 e. The van der Waals surface area contributed by atoms with Crippen LogP contribution < -0.4 is 5.32 Å². The summed E-state index contributed by atoms with van der Waals surface area (Å²) in [6.45, 7) is 0.261. The summed E-state index contributed by atoms with van der Waals surface area (Å²) >= 11 is 10.4. The monoisotopic (exact) mass is 485 g/mol. The van der Waals surface area contributed by atoms with Gasteiger partial charge >= 0.3 is 0 Å². The van der Waals surface area contributed by atoms with Crippen LogP contribution in [0.5, 0.6) is 0 Å². The predicted octanol–water partition coefficient (Wildman–Crippen LogP) is 3.91. The van der Waals surface area contributed by atoms with Crippen LogP contribution in [0.4, 0.5) is 0 Å². The molecule has 0 unspecified atom stereocenters. The molecule has 1 atom stereocenters. The molecule has 0 radical (unpaired) electrons. The summed E-state index contributed by atoms with van der Waals surface area (Å²) in [5.41, 5.74) is 0.754. The maximum atomic E-state index is 12.9. The second-order valence-electron chi connectivity index (χ2n) is 6.20. The van der Waals surface area contributed by atoms with E-state index in [1.54, 1.807) is 11.3 Å². The highest BCUT2D eigenvalue weighted by atomic mass is 35.5. The molecular weight excluding hydrogens is 470 g/mol. The van der Waals surface area contributed by atoms with Crippen LogP contribution in [0.2, 0.25) is 5.02 Å². The number of amides is 1. The average molecular weight is 486 g/mol. The molecule has 1 N–H and O–H groups in total. The van der Waals surface area contributed by atoms with E-state index in [9.17, 15) is 13.2 Å². The van der Waals surface area contributed by atoms with Gasteiger partial charge in [-0.3, -0.25) is 4.79 Å². The summed E-state index contributed by atoms with van der Waals surface area (Å²) in [6, 6.07) is 9.18. The number of sulfonamides is 1. The topological polar surface area (TPSA) is 79.4 Å². The second kappa shape index (κ2) is 8.75. The summed E-state index contributed by atoms with van der Waals surface area (Å²) in [6.07, 6.45) is 0. The van der Waals surface area contributed by atoms with Crippen molar-refractivity contribution in [1.29, 1.82) is 0 Å². The molecule has 1 aliphatic rings. The van der Waals surface area contributed by atoms with Gasteiger partial charge in [-0.25, -0.2) is 13.4 Å². The van der Waals surface area contributed by atoms with E-state index >= 15 is 0 Å². The van der Waals surface area contributed by atoms with E-state index in [1.165, 1.54) is 51.7 Å². The van der Waals surface area contributed by atoms with Gasteiger partial charge in [0.05, 0.1) is 27.9 Å². The molecular formula is C18H16ClN3O3S4. The highest BCUT2D eigenvalue weighted by Gasteiger charge is 2.39. The molecule has 1 saturated heterocycles. The van der Waals surface area contributed by atoms with Crippen molar-refractivity contribution < 1.29 is 13.2 Å². The Hall–Kier alpha value is -1.43. The lowest BCUT2D eigenvalue weighted by molar-refractivity contribution is -0.124. The van der Waals surface area contributed by atoms with Crippen molar-refractivity contribution >= 4 is 62.0 Å². The molecule has 0 bridgehead atoms. The zero-order valence-corrected chi connectivity index (χ0v) is 19.0. The van der Waals surface area contributed by atoms with Crippen molar-refractivity contribution in [3.05, 3.63) is 57.9 Å². The Morgan fingerprint density at radius 3 is 2.76 bits per heavy atom. The van der Waals surface area contributed by atoms with Gasteiger partial charge in [-0.2, -0.15) is 4.31 Å². The standard InChI is InChI=1S/C18H16ClN3O3S4/c19-12-3-5-14(6-4-12)29(24,25)22-11-26-10-15(22)17(23)20-8-13-9-28-18(21-13)16-2-1-7-27-16/h1-7,9,15H,8,10-11H2,(H,20,23)/t15-/m1/s1. The highest BCUT2D eigenvalue weighted by Crippen LogP contribution is 2.30. The fourth-order valence-electron chi connectivity index (χ4n) is 2.81.